The van der Waals surface area contributed by atoms with Gasteiger partial charge in [0.15, 0.2) is 5.96 Å². The Labute approximate surface area is 211 Å². The van der Waals surface area contributed by atoms with Crippen LogP contribution in [0.25, 0.3) is 0 Å². The first-order valence-electron chi connectivity index (χ1n) is 11.9. The second-order valence-corrected chi connectivity index (χ2v) is 8.69. The van der Waals surface area contributed by atoms with Crippen molar-refractivity contribution in [2.75, 3.05) is 66.1 Å². The maximum Gasteiger partial charge on any atom is 0.191 e. The molecule has 0 aromatic heterocycles. The average molecular weight is 560 g/mol. The Balaban J connectivity index is 0.00000363. The van der Waals surface area contributed by atoms with E-state index < -0.39 is 0 Å². The smallest absolute Gasteiger partial charge is 0.191 e. The lowest BCUT2D eigenvalue weighted by atomic mass is 10.1. The van der Waals surface area contributed by atoms with Crippen molar-refractivity contribution in [1.82, 2.24) is 20.4 Å². The maximum atomic E-state index is 6.22. The van der Waals surface area contributed by atoms with Gasteiger partial charge < -0.3 is 29.9 Å². The first-order valence-corrected chi connectivity index (χ1v) is 11.9. The molecule has 1 unspecified atom stereocenters. The number of hydrogen-bond acceptors (Lipinski definition) is 5. The van der Waals surface area contributed by atoms with Crippen molar-refractivity contribution in [2.24, 2.45) is 4.99 Å². The molecule has 7 nitrogen and oxygen atoms in total. The summed E-state index contributed by atoms with van der Waals surface area (Å²) in [5, 5.41) is 6.87. The molecule has 1 atom stereocenters. The molecule has 2 saturated heterocycles. The number of nitrogens with zero attached hydrogens (tertiary/aromatic N) is 3. The van der Waals surface area contributed by atoms with Crippen LogP contribution in [0.4, 0.5) is 0 Å². The van der Waals surface area contributed by atoms with E-state index in [0.717, 1.165) is 56.4 Å². The summed E-state index contributed by atoms with van der Waals surface area (Å²) >= 11 is 0. The number of guanidine groups is 1. The van der Waals surface area contributed by atoms with Crippen molar-refractivity contribution in [3.05, 3.63) is 29.3 Å². The zero-order chi connectivity index (χ0) is 21.9. The Bertz CT molecular complexity index is 697. The number of halogens is 1. The second-order valence-electron chi connectivity index (χ2n) is 8.69. The van der Waals surface area contributed by atoms with Crippen molar-refractivity contribution >= 4 is 29.9 Å². The molecule has 2 aliphatic rings. The molecular formula is C24H42IN5O2. The van der Waals surface area contributed by atoms with Crippen molar-refractivity contribution in [3.8, 4) is 5.75 Å². The molecule has 0 amide bonds. The molecule has 2 fully saturated rings. The Morgan fingerprint density at radius 1 is 1.22 bits per heavy atom. The molecule has 2 N–H and O–H groups in total. The van der Waals surface area contributed by atoms with E-state index in [2.05, 4.69) is 59.5 Å². The summed E-state index contributed by atoms with van der Waals surface area (Å²) in [4.78, 5) is 9.83. The predicted molar refractivity (Wildman–Crippen MR) is 142 cm³/mol. The van der Waals surface area contributed by atoms with Gasteiger partial charge in [-0.05, 0) is 65.0 Å². The third-order valence-corrected chi connectivity index (χ3v) is 5.91. The highest BCUT2D eigenvalue weighted by Gasteiger charge is 2.18. The number of benzene rings is 1. The first kappa shape index (κ1) is 27.1. The zero-order valence-corrected chi connectivity index (χ0v) is 22.4. The number of likely N-dealkylation sites (N-methyl/N-ethyl adjacent to an activating group) is 1. The topological polar surface area (TPSA) is 61.4 Å². The van der Waals surface area contributed by atoms with Crippen LogP contribution in [-0.4, -0.2) is 87.9 Å². The monoisotopic (exact) mass is 559 g/mol. The van der Waals surface area contributed by atoms with Crippen molar-refractivity contribution < 1.29 is 9.47 Å². The highest BCUT2D eigenvalue weighted by Crippen LogP contribution is 2.24. The van der Waals surface area contributed by atoms with Crippen LogP contribution in [0.1, 0.15) is 37.3 Å². The molecule has 0 saturated carbocycles. The van der Waals surface area contributed by atoms with Gasteiger partial charge in [0, 0.05) is 38.2 Å². The number of ether oxygens (including phenoxy) is 2. The van der Waals surface area contributed by atoms with Crippen molar-refractivity contribution in [3.63, 3.8) is 0 Å². The summed E-state index contributed by atoms with van der Waals surface area (Å²) in [7, 11) is 2.22. The zero-order valence-electron chi connectivity index (χ0n) is 20.1. The van der Waals surface area contributed by atoms with Gasteiger partial charge in [-0.3, -0.25) is 0 Å². The standard InChI is InChI=1S/C24H41N5O2.HI/c1-4-25-24(26-10-5-12-29-13-6-11-28(3)14-15-29)27-18-21-8-7-20(2)17-23(21)31-22-9-16-30-19-22;/h7-8,17,22H,4-6,9-16,18-19H2,1-3H3,(H2,25,26,27);1H. The lowest BCUT2D eigenvalue weighted by molar-refractivity contribution is 0.140. The van der Waals surface area contributed by atoms with Gasteiger partial charge >= 0.3 is 0 Å². The third-order valence-electron chi connectivity index (χ3n) is 5.91. The van der Waals surface area contributed by atoms with Gasteiger partial charge in [-0.2, -0.15) is 0 Å². The van der Waals surface area contributed by atoms with Crippen LogP contribution in [-0.2, 0) is 11.3 Å². The van der Waals surface area contributed by atoms with Crippen LogP contribution in [0.15, 0.2) is 23.2 Å². The minimum Gasteiger partial charge on any atom is -0.488 e. The summed E-state index contributed by atoms with van der Waals surface area (Å²) in [5.41, 5.74) is 2.31. The normalized spacial score (nSPS) is 20.5. The fourth-order valence-electron chi connectivity index (χ4n) is 4.03. The van der Waals surface area contributed by atoms with Gasteiger partial charge in [0.1, 0.15) is 11.9 Å². The number of aryl methyl sites for hydroxylation is 1. The van der Waals surface area contributed by atoms with E-state index in [1.54, 1.807) is 0 Å². The van der Waals surface area contributed by atoms with Crippen LogP contribution in [0.3, 0.4) is 0 Å². The molecule has 3 rings (SSSR count). The molecule has 2 heterocycles. The Kier molecular flexibility index (Phi) is 12.7. The van der Waals surface area contributed by atoms with Gasteiger partial charge in [-0.1, -0.05) is 12.1 Å². The Morgan fingerprint density at radius 3 is 2.88 bits per heavy atom. The molecule has 182 valence electrons. The second kappa shape index (κ2) is 14.9. The number of aliphatic imine (C=N–C) groups is 1. The quantitative estimate of drug-likeness (QED) is 0.210. The highest BCUT2D eigenvalue weighted by molar-refractivity contribution is 14.0. The number of nitrogens with one attached hydrogen (secondary N) is 2. The summed E-state index contributed by atoms with van der Waals surface area (Å²) in [5.74, 6) is 1.80. The van der Waals surface area contributed by atoms with E-state index >= 15 is 0 Å². The molecule has 0 spiro atoms. The third kappa shape index (κ3) is 9.41. The minimum absolute atomic E-state index is 0. The predicted octanol–water partition coefficient (Wildman–Crippen LogP) is 2.86. The van der Waals surface area contributed by atoms with Crippen LogP contribution >= 0.6 is 24.0 Å². The van der Waals surface area contributed by atoms with Crippen LogP contribution < -0.4 is 15.4 Å². The number of rotatable bonds is 9. The van der Waals surface area contributed by atoms with E-state index in [0.29, 0.717) is 13.2 Å². The maximum absolute atomic E-state index is 6.22. The molecule has 2 aliphatic heterocycles. The van der Waals surface area contributed by atoms with Gasteiger partial charge in [0.2, 0.25) is 0 Å². The summed E-state index contributed by atoms with van der Waals surface area (Å²) in [6.45, 7) is 13.9. The Morgan fingerprint density at radius 2 is 2.09 bits per heavy atom. The Hall–Kier alpha value is -1.10. The first-order chi connectivity index (χ1) is 15.1. The fourth-order valence-corrected chi connectivity index (χ4v) is 4.03. The largest absolute Gasteiger partial charge is 0.488 e. The van der Waals surface area contributed by atoms with E-state index in [1.807, 2.05) is 0 Å². The summed E-state index contributed by atoms with van der Waals surface area (Å²) in [6.07, 6.45) is 3.49. The van der Waals surface area contributed by atoms with Gasteiger partial charge in [-0.25, -0.2) is 4.99 Å². The molecule has 0 aliphatic carbocycles. The van der Waals surface area contributed by atoms with E-state index in [4.69, 9.17) is 14.5 Å². The molecule has 32 heavy (non-hydrogen) atoms. The summed E-state index contributed by atoms with van der Waals surface area (Å²) in [6, 6.07) is 6.37. The SMILES string of the molecule is CCNC(=NCc1ccc(C)cc1OC1CCOC1)NCCCN1CCCN(C)CC1.I. The molecule has 8 heteroatoms. The van der Waals surface area contributed by atoms with E-state index in [1.165, 1.54) is 38.2 Å². The molecule has 1 aromatic rings. The van der Waals surface area contributed by atoms with Gasteiger partial charge in [0.25, 0.3) is 0 Å². The number of hydrogen-bond donors (Lipinski definition) is 2. The van der Waals surface area contributed by atoms with Gasteiger partial charge in [0.05, 0.1) is 19.8 Å². The molecular weight excluding hydrogens is 517 g/mol. The highest BCUT2D eigenvalue weighted by atomic mass is 127. The average Bonchev–Trinajstić information content (AvgIpc) is 3.18. The van der Waals surface area contributed by atoms with Crippen molar-refractivity contribution in [2.45, 2.75) is 45.8 Å². The van der Waals surface area contributed by atoms with Gasteiger partial charge in [-0.15, -0.1) is 24.0 Å². The lowest BCUT2D eigenvalue weighted by Gasteiger charge is -2.20. The molecule has 0 bridgehead atoms. The lowest BCUT2D eigenvalue weighted by Crippen LogP contribution is -2.39. The van der Waals surface area contributed by atoms with Crippen LogP contribution in [0.5, 0.6) is 5.75 Å². The minimum atomic E-state index is 0. The molecule has 1 aromatic carbocycles. The summed E-state index contributed by atoms with van der Waals surface area (Å²) < 4.78 is 11.7. The fraction of sp³-hybridized carbons (Fsp3) is 0.708. The van der Waals surface area contributed by atoms with E-state index in [9.17, 15) is 0 Å². The van der Waals surface area contributed by atoms with Crippen LogP contribution in [0.2, 0.25) is 0 Å². The van der Waals surface area contributed by atoms with Crippen LogP contribution in [0, 0.1) is 6.92 Å². The molecule has 0 radical (unpaired) electrons. The van der Waals surface area contributed by atoms with Crippen molar-refractivity contribution in [1.29, 1.82) is 0 Å². The van der Waals surface area contributed by atoms with E-state index in [-0.39, 0.29) is 30.1 Å².